The van der Waals surface area contributed by atoms with E-state index in [1.54, 1.807) is 23.0 Å². The Hall–Kier alpha value is -1.81. The Bertz CT molecular complexity index is 585. The lowest BCUT2D eigenvalue weighted by Gasteiger charge is -2.19. The molecule has 0 bridgehead atoms. The Morgan fingerprint density at radius 2 is 2.11 bits per heavy atom. The van der Waals surface area contributed by atoms with Crippen molar-refractivity contribution in [3.05, 3.63) is 41.7 Å². The number of aromatic nitrogens is 2. The average Bonchev–Trinajstić information content (AvgIpc) is 2.81. The van der Waals surface area contributed by atoms with Gasteiger partial charge in [-0.05, 0) is 24.3 Å². The van der Waals surface area contributed by atoms with Gasteiger partial charge in [-0.25, -0.2) is 4.68 Å². The minimum absolute atomic E-state index is 0.0665. The SMILES string of the molecule is CC(C)(C)C(=O)Nc1cc(Cl)ccc1-n1cccn1. The van der Waals surface area contributed by atoms with E-state index >= 15 is 0 Å². The summed E-state index contributed by atoms with van der Waals surface area (Å²) in [7, 11) is 0. The highest BCUT2D eigenvalue weighted by molar-refractivity contribution is 6.31. The van der Waals surface area contributed by atoms with Crippen LogP contribution in [-0.2, 0) is 4.79 Å². The number of carbonyl (C=O) groups is 1. The minimum atomic E-state index is -0.469. The molecule has 0 unspecified atom stereocenters. The molecular formula is C14H16ClN3O. The predicted octanol–water partition coefficient (Wildman–Crippen LogP) is 3.51. The lowest BCUT2D eigenvalue weighted by molar-refractivity contribution is -0.123. The first kappa shape index (κ1) is 13.6. The van der Waals surface area contributed by atoms with E-state index in [4.69, 9.17) is 11.6 Å². The maximum absolute atomic E-state index is 12.1. The monoisotopic (exact) mass is 277 g/mol. The van der Waals surface area contributed by atoms with Gasteiger partial charge in [0.15, 0.2) is 0 Å². The Labute approximate surface area is 117 Å². The maximum Gasteiger partial charge on any atom is 0.229 e. The van der Waals surface area contributed by atoms with Crippen molar-refractivity contribution in [1.82, 2.24) is 9.78 Å². The van der Waals surface area contributed by atoms with E-state index in [-0.39, 0.29) is 5.91 Å². The van der Waals surface area contributed by atoms with Gasteiger partial charge in [0.05, 0.1) is 11.4 Å². The molecule has 1 aromatic carbocycles. The minimum Gasteiger partial charge on any atom is -0.324 e. The molecule has 0 aliphatic carbocycles. The van der Waals surface area contributed by atoms with Gasteiger partial charge in [0, 0.05) is 22.8 Å². The summed E-state index contributed by atoms with van der Waals surface area (Å²) in [6.07, 6.45) is 3.50. The third kappa shape index (κ3) is 3.15. The summed E-state index contributed by atoms with van der Waals surface area (Å²) in [6.45, 7) is 5.58. The molecule has 5 heteroatoms. The number of hydrogen-bond acceptors (Lipinski definition) is 2. The van der Waals surface area contributed by atoms with Crippen LogP contribution in [0.15, 0.2) is 36.7 Å². The van der Waals surface area contributed by atoms with Gasteiger partial charge in [0.2, 0.25) is 5.91 Å². The number of halogens is 1. The van der Waals surface area contributed by atoms with Gasteiger partial charge in [-0.1, -0.05) is 32.4 Å². The van der Waals surface area contributed by atoms with Crippen molar-refractivity contribution in [2.45, 2.75) is 20.8 Å². The number of rotatable bonds is 2. The Morgan fingerprint density at radius 1 is 1.37 bits per heavy atom. The van der Waals surface area contributed by atoms with Crippen molar-refractivity contribution in [3.63, 3.8) is 0 Å². The molecule has 0 aliphatic heterocycles. The van der Waals surface area contributed by atoms with Crippen molar-refractivity contribution in [3.8, 4) is 5.69 Å². The third-order valence-corrected chi connectivity index (χ3v) is 2.87. The fourth-order valence-corrected chi connectivity index (χ4v) is 1.70. The molecule has 1 heterocycles. The lowest BCUT2D eigenvalue weighted by Crippen LogP contribution is -2.28. The molecule has 1 amide bonds. The molecule has 0 aliphatic rings. The van der Waals surface area contributed by atoms with Crippen molar-refractivity contribution in [2.75, 3.05) is 5.32 Å². The number of benzene rings is 1. The predicted molar refractivity (Wildman–Crippen MR) is 76.7 cm³/mol. The van der Waals surface area contributed by atoms with E-state index in [2.05, 4.69) is 10.4 Å². The number of amides is 1. The zero-order valence-electron chi connectivity index (χ0n) is 11.1. The third-order valence-electron chi connectivity index (χ3n) is 2.64. The zero-order chi connectivity index (χ0) is 14.0. The van der Waals surface area contributed by atoms with E-state index in [1.807, 2.05) is 39.1 Å². The van der Waals surface area contributed by atoms with Crippen LogP contribution >= 0.6 is 11.6 Å². The fraction of sp³-hybridized carbons (Fsp3) is 0.286. The molecular weight excluding hydrogens is 262 g/mol. The molecule has 0 spiro atoms. The molecule has 0 radical (unpaired) electrons. The maximum atomic E-state index is 12.1. The summed E-state index contributed by atoms with van der Waals surface area (Å²) in [5.74, 6) is -0.0665. The number of nitrogens with zero attached hydrogens (tertiary/aromatic N) is 2. The molecule has 2 aromatic rings. The summed E-state index contributed by atoms with van der Waals surface area (Å²) in [5, 5.41) is 7.63. The van der Waals surface area contributed by atoms with E-state index in [0.29, 0.717) is 10.7 Å². The van der Waals surface area contributed by atoms with Crippen molar-refractivity contribution >= 4 is 23.2 Å². The standard InChI is InChI=1S/C14H16ClN3O/c1-14(2,3)13(19)17-11-9-10(15)5-6-12(11)18-8-4-7-16-18/h4-9H,1-3H3,(H,17,19). The lowest BCUT2D eigenvalue weighted by atomic mass is 9.95. The van der Waals surface area contributed by atoms with Crippen molar-refractivity contribution in [1.29, 1.82) is 0 Å². The summed E-state index contributed by atoms with van der Waals surface area (Å²) < 4.78 is 1.69. The number of carbonyl (C=O) groups excluding carboxylic acids is 1. The zero-order valence-corrected chi connectivity index (χ0v) is 11.9. The average molecular weight is 278 g/mol. The molecule has 0 saturated carbocycles. The first-order valence-corrected chi connectivity index (χ1v) is 6.37. The normalized spacial score (nSPS) is 11.4. The van der Waals surface area contributed by atoms with Gasteiger partial charge in [-0.15, -0.1) is 0 Å². The largest absolute Gasteiger partial charge is 0.324 e. The second-order valence-corrected chi connectivity index (χ2v) is 5.75. The van der Waals surface area contributed by atoms with Gasteiger partial charge in [0.25, 0.3) is 0 Å². The van der Waals surface area contributed by atoms with Crippen LogP contribution < -0.4 is 5.32 Å². The van der Waals surface area contributed by atoms with Crippen LogP contribution in [0, 0.1) is 5.41 Å². The van der Waals surface area contributed by atoms with Gasteiger partial charge in [-0.3, -0.25) is 4.79 Å². The quantitative estimate of drug-likeness (QED) is 0.913. The van der Waals surface area contributed by atoms with Crippen LogP contribution in [0.3, 0.4) is 0 Å². The molecule has 100 valence electrons. The number of anilines is 1. The van der Waals surface area contributed by atoms with Gasteiger partial charge < -0.3 is 5.32 Å². The van der Waals surface area contributed by atoms with Crippen molar-refractivity contribution in [2.24, 2.45) is 5.41 Å². The summed E-state index contributed by atoms with van der Waals surface area (Å²) in [4.78, 5) is 12.1. The van der Waals surface area contributed by atoms with Gasteiger partial charge >= 0.3 is 0 Å². The topological polar surface area (TPSA) is 46.9 Å². The van der Waals surface area contributed by atoms with Crippen molar-refractivity contribution < 1.29 is 4.79 Å². The van der Waals surface area contributed by atoms with Crippen LogP contribution in [0.25, 0.3) is 5.69 Å². The second kappa shape index (κ2) is 5.05. The molecule has 0 fully saturated rings. The highest BCUT2D eigenvalue weighted by atomic mass is 35.5. The van der Waals surface area contributed by atoms with Gasteiger partial charge in [0.1, 0.15) is 0 Å². The smallest absolute Gasteiger partial charge is 0.229 e. The summed E-state index contributed by atoms with van der Waals surface area (Å²) in [6, 6.07) is 7.14. The van der Waals surface area contributed by atoms with E-state index in [9.17, 15) is 4.79 Å². The molecule has 4 nitrogen and oxygen atoms in total. The highest BCUT2D eigenvalue weighted by Crippen LogP contribution is 2.26. The first-order chi connectivity index (χ1) is 8.88. The highest BCUT2D eigenvalue weighted by Gasteiger charge is 2.22. The molecule has 2 rings (SSSR count). The Balaban J connectivity index is 2.39. The number of hydrogen-bond donors (Lipinski definition) is 1. The fourth-order valence-electron chi connectivity index (χ4n) is 1.53. The second-order valence-electron chi connectivity index (χ2n) is 5.32. The summed E-state index contributed by atoms with van der Waals surface area (Å²) in [5.41, 5.74) is 0.965. The number of nitrogens with one attached hydrogen (secondary N) is 1. The molecule has 0 atom stereocenters. The van der Waals surface area contributed by atoms with Crippen LogP contribution in [0.1, 0.15) is 20.8 Å². The van der Waals surface area contributed by atoms with E-state index in [1.165, 1.54) is 0 Å². The molecule has 19 heavy (non-hydrogen) atoms. The first-order valence-electron chi connectivity index (χ1n) is 5.99. The Kier molecular flexibility index (Phi) is 3.62. The van der Waals surface area contributed by atoms with Crippen LogP contribution in [-0.4, -0.2) is 15.7 Å². The van der Waals surface area contributed by atoms with Crippen LogP contribution in [0.5, 0.6) is 0 Å². The van der Waals surface area contributed by atoms with Crippen LogP contribution in [0.4, 0.5) is 5.69 Å². The van der Waals surface area contributed by atoms with E-state index in [0.717, 1.165) is 5.69 Å². The molecule has 1 N–H and O–H groups in total. The van der Waals surface area contributed by atoms with E-state index < -0.39 is 5.41 Å². The van der Waals surface area contributed by atoms with Crippen LogP contribution in [0.2, 0.25) is 5.02 Å². The van der Waals surface area contributed by atoms with Gasteiger partial charge in [-0.2, -0.15) is 5.10 Å². The Morgan fingerprint density at radius 3 is 2.68 bits per heavy atom. The molecule has 0 saturated heterocycles. The summed E-state index contributed by atoms with van der Waals surface area (Å²) >= 11 is 5.99. The molecule has 1 aromatic heterocycles.